The fourth-order valence-corrected chi connectivity index (χ4v) is 1.55. The molecule has 0 bridgehead atoms. The highest BCUT2D eigenvalue weighted by Gasteiger charge is 2.11. The van der Waals surface area contributed by atoms with E-state index < -0.39 is 0 Å². The fourth-order valence-electron chi connectivity index (χ4n) is 1.55. The van der Waals surface area contributed by atoms with E-state index in [-0.39, 0.29) is 18.5 Å². The summed E-state index contributed by atoms with van der Waals surface area (Å²) in [5.74, 6) is 0.879. The van der Waals surface area contributed by atoms with Gasteiger partial charge in [0.05, 0.1) is 0 Å². The van der Waals surface area contributed by atoms with Crippen LogP contribution in [0.2, 0.25) is 0 Å². The second-order valence-electron chi connectivity index (χ2n) is 3.99. The molecule has 1 aromatic carbocycles. The molecule has 0 aliphatic heterocycles. The fraction of sp³-hybridized carbons (Fsp3) is 0.333. The largest absolute Gasteiger partial charge is 0.483 e. The number of aryl methyl sites for hydroxylation is 1. The lowest BCUT2D eigenvalue weighted by molar-refractivity contribution is 0.239. The van der Waals surface area contributed by atoms with Gasteiger partial charge in [-0.05, 0) is 19.9 Å². The third-order valence-corrected chi connectivity index (χ3v) is 2.39. The van der Waals surface area contributed by atoms with Gasteiger partial charge in [0.15, 0.2) is 12.4 Å². The van der Waals surface area contributed by atoms with E-state index in [1.807, 2.05) is 0 Å². The van der Waals surface area contributed by atoms with Gasteiger partial charge in [0.25, 0.3) is 5.89 Å². The Kier molecular flexibility index (Phi) is 3.57. The van der Waals surface area contributed by atoms with Gasteiger partial charge in [0.2, 0.25) is 0 Å². The van der Waals surface area contributed by atoms with Crippen molar-refractivity contribution in [2.45, 2.75) is 26.5 Å². The Bertz CT molecular complexity index is 540. The molecule has 96 valence electrons. The van der Waals surface area contributed by atoms with Crippen LogP contribution in [-0.4, -0.2) is 10.1 Å². The second kappa shape index (κ2) is 5.14. The van der Waals surface area contributed by atoms with Crippen molar-refractivity contribution in [1.29, 1.82) is 0 Å². The summed E-state index contributed by atoms with van der Waals surface area (Å²) in [7, 11) is 0. The molecule has 0 saturated heterocycles. The van der Waals surface area contributed by atoms with Crippen LogP contribution in [0.5, 0.6) is 5.75 Å². The first-order valence-corrected chi connectivity index (χ1v) is 5.53. The van der Waals surface area contributed by atoms with Gasteiger partial charge in [-0.1, -0.05) is 11.2 Å². The Morgan fingerprint density at radius 1 is 1.50 bits per heavy atom. The van der Waals surface area contributed by atoms with Gasteiger partial charge in [0.1, 0.15) is 11.6 Å². The van der Waals surface area contributed by atoms with E-state index in [9.17, 15) is 4.39 Å². The Morgan fingerprint density at radius 3 is 2.89 bits per heavy atom. The van der Waals surface area contributed by atoms with Crippen LogP contribution >= 0.6 is 0 Å². The molecule has 0 fully saturated rings. The number of benzene rings is 1. The molecule has 2 aromatic rings. The highest BCUT2D eigenvalue weighted by molar-refractivity contribution is 5.36. The van der Waals surface area contributed by atoms with Gasteiger partial charge in [0, 0.05) is 17.7 Å². The molecule has 1 heterocycles. The molecule has 5 nitrogen and oxygen atoms in total. The molecule has 0 radical (unpaired) electrons. The first-order chi connectivity index (χ1) is 8.56. The maximum absolute atomic E-state index is 13.2. The van der Waals surface area contributed by atoms with Crippen LogP contribution in [0.25, 0.3) is 0 Å². The predicted molar refractivity (Wildman–Crippen MR) is 62.4 cm³/mol. The summed E-state index contributed by atoms with van der Waals surface area (Å²) in [6, 6.07) is 4.00. The van der Waals surface area contributed by atoms with Crippen LogP contribution in [0.1, 0.15) is 30.2 Å². The number of nitrogens with zero attached hydrogens (tertiary/aromatic N) is 2. The first kappa shape index (κ1) is 12.5. The maximum atomic E-state index is 13.2. The summed E-state index contributed by atoms with van der Waals surface area (Å²) in [5, 5.41) is 3.64. The monoisotopic (exact) mass is 251 g/mol. The number of rotatable bonds is 4. The lowest BCUT2D eigenvalue weighted by Gasteiger charge is -2.12. The number of aromatic nitrogens is 2. The average molecular weight is 251 g/mol. The zero-order valence-electron chi connectivity index (χ0n) is 10.2. The summed E-state index contributed by atoms with van der Waals surface area (Å²) >= 11 is 0. The molecule has 1 aromatic heterocycles. The molecule has 2 rings (SSSR count). The van der Waals surface area contributed by atoms with Gasteiger partial charge < -0.3 is 15.0 Å². The van der Waals surface area contributed by atoms with Crippen molar-refractivity contribution in [3.8, 4) is 5.75 Å². The molecule has 0 aliphatic rings. The standard InChI is InChI=1S/C12H14FN3O2/c1-7(14)10-4-3-9(13)5-11(10)17-6-12-15-8(2)16-18-12/h3-5,7H,6,14H2,1-2H3. The number of ether oxygens (including phenoxy) is 1. The normalized spacial score (nSPS) is 12.4. The predicted octanol–water partition coefficient (Wildman–Crippen LogP) is 2.12. The van der Waals surface area contributed by atoms with E-state index >= 15 is 0 Å². The minimum Gasteiger partial charge on any atom is -0.483 e. The molecule has 18 heavy (non-hydrogen) atoms. The van der Waals surface area contributed by atoms with Crippen molar-refractivity contribution in [3.05, 3.63) is 41.3 Å². The maximum Gasteiger partial charge on any atom is 0.264 e. The van der Waals surface area contributed by atoms with Crippen molar-refractivity contribution in [3.63, 3.8) is 0 Å². The van der Waals surface area contributed by atoms with E-state index in [4.69, 9.17) is 15.0 Å². The summed E-state index contributed by atoms with van der Waals surface area (Å²) in [5.41, 5.74) is 6.51. The van der Waals surface area contributed by atoms with Crippen LogP contribution < -0.4 is 10.5 Å². The number of nitrogens with two attached hydrogens (primary N) is 1. The minimum absolute atomic E-state index is 0.0873. The van der Waals surface area contributed by atoms with Gasteiger partial charge in [-0.3, -0.25) is 0 Å². The quantitative estimate of drug-likeness (QED) is 0.900. The lowest BCUT2D eigenvalue weighted by Crippen LogP contribution is -2.08. The zero-order valence-corrected chi connectivity index (χ0v) is 10.2. The Labute approximate surface area is 104 Å². The summed E-state index contributed by atoms with van der Waals surface area (Å²) < 4.78 is 23.5. The SMILES string of the molecule is Cc1noc(COc2cc(F)ccc2C(C)N)n1. The smallest absolute Gasteiger partial charge is 0.264 e. The molecule has 1 atom stereocenters. The third-order valence-electron chi connectivity index (χ3n) is 2.39. The van der Waals surface area contributed by atoms with Crippen molar-refractivity contribution >= 4 is 0 Å². The van der Waals surface area contributed by atoms with Crippen molar-refractivity contribution < 1.29 is 13.7 Å². The molecule has 0 aliphatic carbocycles. The zero-order chi connectivity index (χ0) is 13.1. The molecular weight excluding hydrogens is 237 g/mol. The highest BCUT2D eigenvalue weighted by Crippen LogP contribution is 2.25. The molecule has 0 spiro atoms. The lowest BCUT2D eigenvalue weighted by atomic mass is 10.1. The molecular formula is C12H14FN3O2. The van der Waals surface area contributed by atoms with Crippen LogP contribution in [0, 0.1) is 12.7 Å². The molecule has 2 N–H and O–H groups in total. The number of halogens is 1. The van der Waals surface area contributed by atoms with Gasteiger partial charge in [-0.15, -0.1) is 0 Å². The Hall–Kier alpha value is -1.95. The van der Waals surface area contributed by atoms with Crippen LogP contribution in [0.4, 0.5) is 4.39 Å². The van der Waals surface area contributed by atoms with E-state index in [0.717, 1.165) is 5.56 Å². The van der Waals surface area contributed by atoms with E-state index in [2.05, 4.69) is 10.1 Å². The summed E-state index contributed by atoms with van der Waals surface area (Å²) in [6.07, 6.45) is 0. The van der Waals surface area contributed by atoms with Crippen LogP contribution in [-0.2, 0) is 6.61 Å². The number of hydrogen-bond acceptors (Lipinski definition) is 5. The van der Waals surface area contributed by atoms with Crippen molar-refractivity contribution in [2.75, 3.05) is 0 Å². The van der Waals surface area contributed by atoms with Gasteiger partial charge >= 0.3 is 0 Å². The first-order valence-electron chi connectivity index (χ1n) is 5.53. The van der Waals surface area contributed by atoms with E-state index in [1.54, 1.807) is 19.9 Å². The Morgan fingerprint density at radius 2 is 2.28 bits per heavy atom. The van der Waals surface area contributed by atoms with Gasteiger partial charge in [-0.25, -0.2) is 4.39 Å². The highest BCUT2D eigenvalue weighted by atomic mass is 19.1. The van der Waals surface area contributed by atoms with Crippen molar-refractivity contribution in [2.24, 2.45) is 5.73 Å². The average Bonchev–Trinajstić information content (AvgIpc) is 2.72. The van der Waals surface area contributed by atoms with E-state index in [0.29, 0.717) is 17.5 Å². The molecule has 0 saturated carbocycles. The second-order valence-corrected chi connectivity index (χ2v) is 3.99. The van der Waals surface area contributed by atoms with Crippen molar-refractivity contribution in [1.82, 2.24) is 10.1 Å². The summed E-state index contributed by atoms with van der Waals surface area (Å²) in [6.45, 7) is 3.60. The molecule has 1 unspecified atom stereocenters. The topological polar surface area (TPSA) is 74.2 Å². The molecule has 0 amide bonds. The van der Waals surface area contributed by atoms with Crippen LogP contribution in [0.15, 0.2) is 22.7 Å². The van der Waals surface area contributed by atoms with E-state index in [1.165, 1.54) is 12.1 Å². The minimum atomic E-state index is -0.379. The summed E-state index contributed by atoms with van der Waals surface area (Å²) in [4.78, 5) is 3.99. The third kappa shape index (κ3) is 2.84. The Balaban J connectivity index is 2.15. The van der Waals surface area contributed by atoms with Crippen LogP contribution in [0.3, 0.4) is 0 Å². The molecule has 6 heteroatoms. The number of hydrogen-bond donors (Lipinski definition) is 1. The van der Waals surface area contributed by atoms with Gasteiger partial charge in [-0.2, -0.15) is 4.98 Å².